The lowest BCUT2D eigenvalue weighted by Crippen LogP contribution is -2.32. The number of carbonyl (C=O) groups excluding carboxylic acids is 1. The van der Waals surface area contributed by atoms with Crippen LogP contribution < -0.4 is 10.2 Å². The maximum Gasteiger partial charge on any atom is 0.259 e. The first-order valence-electron chi connectivity index (χ1n) is 9.12. The molecule has 27 heavy (non-hydrogen) atoms. The Labute approximate surface area is 157 Å². The molecule has 0 unspecified atom stereocenters. The molecule has 0 aliphatic carbocycles. The standard InChI is InChI=1S/C22H22N2O3/c1-23(13-15-8-10-17(27-2)11-9-15)22(26)19-14-24-12-4-6-16-5-3-7-18(20(16)24)21(19)25/h3,5,7-11,14H,4,6,12-13H2,1-2H3. The molecular weight excluding hydrogens is 340 g/mol. The summed E-state index contributed by atoms with van der Waals surface area (Å²) in [6, 6.07) is 13.4. The molecule has 5 nitrogen and oxygen atoms in total. The summed E-state index contributed by atoms with van der Waals surface area (Å²) in [7, 11) is 3.35. The van der Waals surface area contributed by atoms with E-state index in [4.69, 9.17) is 4.74 Å². The van der Waals surface area contributed by atoms with Gasteiger partial charge < -0.3 is 14.2 Å². The van der Waals surface area contributed by atoms with Crippen LogP contribution in [0.3, 0.4) is 0 Å². The molecule has 138 valence electrons. The number of ether oxygens (including phenoxy) is 1. The first-order chi connectivity index (χ1) is 13.1. The number of pyridine rings is 1. The summed E-state index contributed by atoms with van der Waals surface area (Å²) in [5, 5.41) is 0.635. The molecular formula is C22H22N2O3. The Kier molecular flexibility index (Phi) is 4.44. The highest BCUT2D eigenvalue weighted by Crippen LogP contribution is 2.24. The van der Waals surface area contributed by atoms with Gasteiger partial charge in [0.1, 0.15) is 11.3 Å². The van der Waals surface area contributed by atoms with Crippen LogP contribution in [0.5, 0.6) is 5.75 Å². The number of aryl methyl sites for hydroxylation is 2. The van der Waals surface area contributed by atoms with Gasteiger partial charge in [-0.05, 0) is 42.2 Å². The fourth-order valence-electron chi connectivity index (χ4n) is 3.79. The largest absolute Gasteiger partial charge is 0.497 e. The number of amides is 1. The van der Waals surface area contributed by atoms with Crippen molar-refractivity contribution in [2.75, 3.05) is 14.2 Å². The van der Waals surface area contributed by atoms with E-state index in [0.717, 1.165) is 36.2 Å². The highest BCUT2D eigenvalue weighted by molar-refractivity contribution is 5.97. The Morgan fingerprint density at radius 2 is 1.96 bits per heavy atom. The van der Waals surface area contributed by atoms with Crippen molar-refractivity contribution >= 4 is 16.8 Å². The maximum absolute atomic E-state index is 13.0. The van der Waals surface area contributed by atoms with Crippen LogP contribution >= 0.6 is 0 Å². The van der Waals surface area contributed by atoms with Crippen molar-refractivity contribution in [1.29, 1.82) is 0 Å². The first kappa shape index (κ1) is 17.3. The van der Waals surface area contributed by atoms with Crippen LogP contribution in [-0.2, 0) is 19.5 Å². The lowest BCUT2D eigenvalue weighted by atomic mass is 9.99. The van der Waals surface area contributed by atoms with Crippen LogP contribution in [0.1, 0.15) is 27.9 Å². The zero-order valence-corrected chi connectivity index (χ0v) is 15.6. The molecule has 0 saturated heterocycles. The third kappa shape index (κ3) is 3.10. The van der Waals surface area contributed by atoms with Crippen LogP contribution in [0, 0.1) is 0 Å². The summed E-state index contributed by atoms with van der Waals surface area (Å²) < 4.78 is 7.22. The molecule has 2 aromatic carbocycles. The van der Waals surface area contributed by atoms with Gasteiger partial charge in [-0.2, -0.15) is 0 Å². The van der Waals surface area contributed by atoms with E-state index < -0.39 is 0 Å². The number of rotatable bonds is 4. The van der Waals surface area contributed by atoms with E-state index in [0.29, 0.717) is 11.9 Å². The zero-order chi connectivity index (χ0) is 19.0. The molecule has 1 amide bonds. The van der Waals surface area contributed by atoms with Crippen molar-refractivity contribution in [2.45, 2.75) is 25.9 Å². The van der Waals surface area contributed by atoms with Crippen LogP contribution in [-0.4, -0.2) is 29.5 Å². The van der Waals surface area contributed by atoms with Gasteiger partial charge in [-0.3, -0.25) is 9.59 Å². The second kappa shape index (κ2) is 6.91. The van der Waals surface area contributed by atoms with Gasteiger partial charge in [0.25, 0.3) is 5.91 Å². The number of nitrogens with zero attached hydrogens (tertiary/aromatic N) is 2. The van der Waals surface area contributed by atoms with E-state index in [2.05, 4.69) is 10.6 Å². The molecule has 2 heterocycles. The third-order valence-corrected chi connectivity index (χ3v) is 5.18. The Morgan fingerprint density at radius 1 is 1.19 bits per heavy atom. The number of aromatic nitrogens is 1. The summed E-state index contributed by atoms with van der Waals surface area (Å²) in [5.41, 5.74) is 3.19. The lowest BCUT2D eigenvalue weighted by molar-refractivity contribution is 0.0783. The fourth-order valence-corrected chi connectivity index (χ4v) is 3.79. The highest BCUT2D eigenvalue weighted by Gasteiger charge is 2.21. The predicted octanol–water partition coefficient (Wildman–Crippen LogP) is 3.23. The number of carbonyl (C=O) groups is 1. The average Bonchev–Trinajstić information content (AvgIpc) is 2.70. The number of methoxy groups -OCH3 is 1. The smallest absolute Gasteiger partial charge is 0.259 e. The summed E-state index contributed by atoms with van der Waals surface area (Å²) >= 11 is 0. The van der Waals surface area contributed by atoms with Gasteiger partial charge in [-0.15, -0.1) is 0 Å². The molecule has 0 saturated carbocycles. The fraction of sp³-hybridized carbons (Fsp3) is 0.273. The number of hydrogen-bond acceptors (Lipinski definition) is 3. The monoisotopic (exact) mass is 362 g/mol. The molecule has 3 aromatic rings. The van der Waals surface area contributed by atoms with Crippen molar-refractivity contribution < 1.29 is 9.53 Å². The summed E-state index contributed by atoms with van der Waals surface area (Å²) in [6.45, 7) is 1.26. The molecule has 0 radical (unpaired) electrons. The topological polar surface area (TPSA) is 51.5 Å². The number of hydrogen-bond donors (Lipinski definition) is 0. The molecule has 4 rings (SSSR count). The highest BCUT2D eigenvalue weighted by atomic mass is 16.5. The Balaban J connectivity index is 1.68. The summed E-state index contributed by atoms with van der Waals surface area (Å²) in [5.74, 6) is 0.521. The van der Waals surface area contributed by atoms with E-state index in [1.54, 1.807) is 25.3 Å². The molecule has 0 bridgehead atoms. The first-order valence-corrected chi connectivity index (χ1v) is 9.12. The van der Waals surface area contributed by atoms with Gasteiger partial charge in [-0.1, -0.05) is 24.3 Å². The summed E-state index contributed by atoms with van der Waals surface area (Å²) in [6.07, 6.45) is 3.73. The van der Waals surface area contributed by atoms with E-state index in [1.165, 1.54) is 5.56 Å². The lowest BCUT2D eigenvalue weighted by Gasteiger charge is -2.22. The second-order valence-electron chi connectivity index (χ2n) is 6.99. The Morgan fingerprint density at radius 3 is 2.70 bits per heavy atom. The molecule has 0 N–H and O–H groups in total. The van der Waals surface area contributed by atoms with Gasteiger partial charge in [-0.25, -0.2) is 0 Å². The van der Waals surface area contributed by atoms with E-state index in [1.807, 2.05) is 36.4 Å². The minimum atomic E-state index is -0.252. The van der Waals surface area contributed by atoms with Crippen LogP contribution in [0.25, 0.3) is 10.9 Å². The molecule has 1 aliphatic heterocycles. The quantitative estimate of drug-likeness (QED) is 0.716. The molecule has 5 heteroatoms. The molecule has 1 aliphatic rings. The normalized spacial score (nSPS) is 12.8. The Hall–Kier alpha value is -3.08. The van der Waals surface area contributed by atoms with E-state index in [-0.39, 0.29) is 16.9 Å². The van der Waals surface area contributed by atoms with Gasteiger partial charge in [0.15, 0.2) is 0 Å². The molecule has 0 atom stereocenters. The van der Waals surface area contributed by atoms with Crippen molar-refractivity contribution in [3.8, 4) is 5.75 Å². The average molecular weight is 362 g/mol. The van der Waals surface area contributed by atoms with Gasteiger partial charge in [0, 0.05) is 31.7 Å². The van der Waals surface area contributed by atoms with Gasteiger partial charge in [0.2, 0.25) is 5.43 Å². The zero-order valence-electron chi connectivity index (χ0n) is 15.6. The maximum atomic E-state index is 13.0. The van der Waals surface area contributed by atoms with E-state index >= 15 is 0 Å². The predicted molar refractivity (Wildman–Crippen MR) is 105 cm³/mol. The molecule has 1 aromatic heterocycles. The van der Waals surface area contributed by atoms with Gasteiger partial charge in [0.05, 0.1) is 12.6 Å². The third-order valence-electron chi connectivity index (χ3n) is 5.18. The van der Waals surface area contributed by atoms with Crippen molar-refractivity contribution in [3.05, 3.63) is 75.6 Å². The number of para-hydroxylation sites is 1. The number of benzene rings is 2. The van der Waals surface area contributed by atoms with Crippen LogP contribution in [0.2, 0.25) is 0 Å². The minimum Gasteiger partial charge on any atom is -0.497 e. The van der Waals surface area contributed by atoms with Crippen LogP contribution in [0.15, 0.2) is 53.5 Å². The van der Waals surface area contributed by atoms with Gasteiger partial charge >= 0.3 is 0 Å². The Bertz CT molecular complexity index is 1070. The van der Waals surface area contributed by atoms with Crippen molar-refractivity contribution in [1.82, 2.24) is 9.47 Å². The molecule has 0 fully saturated rings. The minimum absolute atomic E-state index is 0.184. The SMILES string of the molecule is COc1ccc(CN(C)C(=O)c2cn3c4c(cccc4c2=O)CCC3)cc1. The molecule has 0 spiro atoms. The van der Waals surface area contributed by atoms with E-state index in [9.17, 15) is 9.59 Å². The second-order valence-corrected chi connectivity index (χ2v) is 6.99. The summed E-state index contributed by atoms with van der Waals surface area (Å²) in [4.78, 5) is 27.6. The van der Waals surface area contributed by atoms with Crippen molar-refractivity contribution in [3.63, 3.8) is 0 Å². The van der Waals surface area contributed by atoms with Crippen molar-refractivity contribution in [2.24, 2.45) is 0 Å². The van der Waals surface area contributed by atoms with Crippen LogP contribution in [0.4, 0.5) is 0 Å².